The van der Waals surface area contributed by atoms with Crippen LogP contribution in [0.2, 0.25) is 5.31 Å². The molecule has 0 heterocycles. The van der Waals surface area contributed by atoms with E-state index in [2.05, 4.69) is 20.8 Å². The largest absolute Gasteiger partial charge is 0.489 e. The normalized spacial score (nSPS) is 11.6. The van der Waals surface area contributed by atoms with Gasteiger partial charge in [-0.1, -0.05) is 67.9 Å². The van der Waals surface area contributed by atoms with E-state index < -0.39 is 7.12 Å². The van der Waals surface area contributed by atoms with E-state index in [4.69, 9.17) is 0 Å². The number of rotatable bonds is 2. The SMILES string of the molecule is CC(C)(C)Bc1ccc(B(O)O)c2ccccc12. The second-order valence-electron chi connectivity index (χ2n) is 5.97. The Labute approximate surface area is 109 Å². The first-order chi connectivity index (χ1) is 8.38. The van der Waals surface area contributed by atoms with Gasteiger partial charge < -0.3 is 10.0 Å². The van der Waals surface area contributed by atoms with E-state index in [0.29, 0.717) is 5.46 Å². The molecule has 0 bridgehead atoms. The highest BCUT2D eigenvalue weighted by atomic mass is 16.4. The number of hydrogen-bond acceptors (Lipinski definition) is 2. The summed E-state index contributed by atoms with van der Waals surface area (Å²) in [6.45, 7) is 6.61. The lowest BCUT2D eigenvalue weighted by Gasteiger charge is -2.18. The third kappa shape index (κ3) is 2.77. The maximum atomic E-state index is 9.40. The van der Waals surface area contributed by atoms with Crippen LogP contribution >= 0.6 is 0 Å². The Morgan fingerprint density at radius 1 is 0.944 bits per heavy atom. The van der Waals surface area contributed by atoms with Crippen molar-refractivity contribution in [2.45, 2.75) is 26.1 Å². The molecule has 4 heteroatoms. The van der Waals surface area contributed by atoms with Crippen LogP contribution in [0.25, 0.3) is 10.8 Å². The van der Waals surface area contributed by atoms with Crippen molar-refractivity contribution in [1.29, 1.82) is 0 Å². The van der Waals surface area contributed by atoms with Gasteiger partial charge in [0.25, 0.3) is 0 Å². The monoisotopic (exact) mass is 240 g/mol. The second kappa shape index (κ2) is 4.79. The highest BCUT2D eigenvalue weighted by Gasteiger charge is 2.19. The van der Waals surface area contributed by atoms with Gasteiger partial charge >= 0.3 is 7.12 Å². The highest BCUT2D eigenvalue weighted by Crippen LogP contribution is 2.21. The maximum absolute atomic E-state index is 9.40. The van der Waals surface area contributed by atoms with Gasteiger partial charge in [-0.15, -0.1) is 0 Å². The van der Waals surface area contributed by atoms with Crippen molar-refractivity contribution in [1.82, 2.24) is 0 Å². The second-order valence-corrected chi connectivity index (χ2v) is 5.97. The Morgan fingerprint density at radius 3 is 2.11 bits per heavy atom. The topological polar surface area (TPSA) is 40.5 Å². The molecule has 2 aromatic rings. The fourth-order valence-corrected chi connectivity index (χ4v) is 2.34. The summed E-state index contributed by atoms with van der Waals surface area (Å²) < 4.78 is 0. The van der Waals surface area contributed by atoms with E-state index in [1.54, 1.807) is 0 Å². The molecular weight excluding hydrogens is 222 g/mol. The van der Waals surface area contributed by atoms with Crippen LogP contribution in [0.15, 0.2) is 36.4 Å². The quantitative estimate of drug-likeness (QED) is 0.762. The molecule has 18 heavy (non-hydrogen) atoms. The standard InChI is InChI=1S/C14H18B2O2/c1-14(2,3)15-12-8-9-13(16(17)18)11-7-5-4-6-10(11)12/h4-9,15,17-18H,1-3H3. The molecule has 0 radical (unpaired) electrons. The lowest BCUT2D eigenvalue weighted by molar-refractivity contribution is 0.426. The van der Waals surface area contributed by atoms with Crippen LogP contribution in [0, 0.1) is 0 Å². The van der Waals surface area contributed by atoms with Crippen molar-refractivity contribution in [2.24, 2.45) is 0 Å². The molecule has 0 aliphatic rings. The van der Waals surface area contributed by atoms with E-state index in [9.17, 15) is 10.0 Å². The Kier molecular flexibility index (Phi) is 3.51. The van der Waals surface area contributed by atoms with E-state index in [0.717, 1.165) is 18.1 Å². The molecule has 0 amide bonds. The van der Waals surface area contributed by atoms with Gasteiger partial charge in [0, 0.05) is 0 Å². The molecule has 0 unspecified atom stereocenters. The van der Waals surface area contributed by atoms with Crippen LogP contribution in [0.4, 0.5) is 0 Å². The Balaban J connectivity index is 2.61. The van der Waals surface area contributed by atoms with Crippen molar-refractivity contribution in [3.63, 3.8) is 0 Å². The predicted octanol–water partition coefficient (Wildman–Crippen LogP) is 0.800. The van der Waals surface area contributed by atoms with Gasteiger partial charge in [-0.25, -0.2) is 0 Å². The third-order valence-corrected chi connectivity index (χ3v) is 3.05. The zero-order valence-electron chi connectivity index (χ0n) is 11.1. The summed E-state index contributed by atoms with van der Waals surface area (Å²) in [6.07, 6.45) is 0. The molecule has 0 fully saturated rings. The first-order valence-corrected chi connectivity index (χ1v) is 6.25. The van der Waals surface area contributed by atoms with Crippen molar-refractivity contribution < 1.29 is 10.0 Å². The summed E-state index contributed by atoms with van der Waals surface area (Å²) in [7, 11) is -0.450. The summed E-state index contributed by atoms with van der Waals surface area (Å²) in [6, 6.07) is 11.7. The fourth-order valence-electron chi connectivity index (χ4n) is 2.34. The molecule has 2 nitrogen and oxygen atoms in total. The predicted molar refractivity (Wildman–Crippen MR) is 80.3 cm³/mol. The molecule has 0 aromatic heterocycles. The van der Waals surface area contributed by atoms with Gasteiger partial charge in [-0.3, -0.25) is 0 Å². The molecule has 0 spiro atoms. The van der Waals surface area contributed by atoms with E-state index >= 15 is 0 Å². The van der Waals surface area contributed by atoms with Crippen molar-refractivity contribution in [3.8, 4) is 0 Å². The van der Waals surface area contributed by atoms with Crippen LogP contribution in [-0.2, 0) is 0 Å². The summed E-state index contributed by atoms with van der Waals surface area (Å²) in [4.78, 5) is 0. The van der Waals surface area contributed by atoms with Crippen LogP contribution in [0.5, 0.6) is 0 Å². The Morgan fingerprint density at radius 2 is 1.56 bits per heavy atom. The van der Waals surface area contributed by atoms with Crippen LogP contribution in [-0.4, -0.2) is 24.4 Å². The number of benzene rings is 2. The van der Waals surface area contributed by atoms with Crippen molar-refractivity contribution >= 4 is 36.1 Å². The minimum Gasteiger partial charge on any atom is -0.423 e. The summed E-state index contributed by atoms with van der Waals surface area (Å²) >= 11 is 0. The highest BCUT2D eigenvalue weighted by molar-refractivity contribution is 6.65. The Hall–Kier alpha value is -1.25. The average Bonchev–Trinajstić information content (AvgIpc) is 2.27. The van der Waals surface area contributed by atoms with E-state index in [1.807, 2.05) is 36.4 Å². The van der Waals surface area contributed by atoms with Crippen LogP contribution < -0.4 is 10.9 Å². The zero-order valence-corrected chi connectivity index (χ0v) is 11.1. The van der Waals surface area contributed by atoms with Gasteiger partial charge in [-0.2, -0.15) is 0 Å². The van der Waals surface area contributed by atoms with Gasteiger partial charge in [-0.05, 0) is 16.2 Å². The molecule has 0 aliphatic heterocycles. The van der Waals surface area contributed by atoms with Gasteiger partial charge in [0.15, 0.2) is 7.28 Å². The molecule has 2 aromatic carbocycles. The minimum absolute atomic E-state index is 0.210. The average molecular weight is 240 g/mol. The lowest BCUT2D eigenvalue weighted by Crippen LogP contribution is -2.33. The first-order valence-electron chi connectivity index (χ1n) is 6.25. The molecule has 0 saturated heterocycles. The number of fused-ring (bicyclic) bond motifs is 1. The van der Waals surface area contributed by atoms with Gasteiger partial charge in [0.05, 0.1) is 0 Å². The van der Waals surface area contributed by atoms with E-state index in [-0.39, 0.29) is 5.31 Å². The molecule has 92 valence electrons. The van der Waals surface area contributed by atoms with Gasteiger partial charge in [0.2, 0.25) is 0 Å². The molecular formula is C14H18B2O2. The zero-order chi connectivity index (χ0) is 13.3. The van der Waals surface area contributed by atoms with E-state index in [1.165, 1.54) is 5.46 Å². The lowest BCUT2D eigenvalue weighted by atomic mass is 9.50. The van der Waals surface area contributed by atoms with Gasteiger partial charge in [0.1, 0.15) is 0 Å². The molecule has 0 atom stereocenters. The van der Waals surface area contributed by atoms with Crippen LogP contribution in [0.1, 0.15) is 20.8 Å². The smallest absolute Gasteiger partial charge is 0.423 e. The Bertz CT molecular complexity index is 559. The first kappa shape index (κ1) is 13.2. The minimum atomic E-state index is -1.42. The van der Waals surface area contributed by atoms with Crippen LogP contribution in [0.3, 0.4) is 0 Å². The molecule has 2 N–H and O–H groups in total. The molecule has 0 aliphatic carbocycles. The third-order valence-electron chi connectivity index (χ3n) is 3.05. The molecule has 2 rings (SSSR count). The molecule has 0 saturated carbocycles. The maximum Gasteiger partial charge on any atom is 0.489 e. The van der Waals surface area contributed by atoms with Crippen molar-refractivity contribution in [3.05, 3.63) is 36.4 Å². The van der Waals surface area contributed by atoms with Crippen molar-refractivity contribution in [2.75, 3.05) is 0 Å². The number of hydrogen-bond donors (Lipinski definition) is 2. The summed E-state index contributed by atoms with van der Waals surface area (Å²) in [5, 5.41) is 21.0. The fraction of sp³-hybridized carbons (Fsp3) is 0.286. The summed E-state index contributed by atoms with van der Waals surface area (Å²) in [5.74, 6) is 0. The summed E-state index contributed by atoms with van der Waals surface area (Å²) in [5.41, 5.74) is 1.82.